The smallest absolute Gasteiger partial charge is 0.326 e. The number of likely N-dealkylation sites (N-methyl/N-ethyl adjacent to an activating group) is 1. The van der Waals surface area contributed by atoms with Crippen molar-refractivity contribution in [3.63, 3.8) is 0 Å². The molecule has 61 heavy (non-hydrogen) atoms. The predicted molar refractivity (Wildman–Crippen MR) is 232 cm³/mol. The van der Waals surface area contributed by atoms with Crippen molar-refractivity contribution in [2.75, 3.05) is 13.6 Å². The molecule has 8 N–H and O–H groups in total. The van der Waals surface area contributed by atoms with Crippen LogP contribution in [0.2, 0.25) is 0 Å². The number of fused-ring (bicyclic) bond motifs is 1. The number of urea groups is 1. The molecule has 1 aliphatic heterocycles. The van der Waals surface area contributed by atoms with Gasteiger partial charge in [0.05, 0.1) is 0 Å². The van der Waals surface area contributed by atoms with Crippen molar-refractivity contribution < 1.29 is 38.7 Å². The maximum atomic E-state index is 14.6. The van der Waals surface area contributed by atoms with Gasteiger partial charge in [-0.15, -0.1) is 0 Å². The molecule has 0 aliphatic carbocycles. The Morgan fingerprint density at radius 1 is 0.820 bits per heavy atom. The second-order valence-corrected chi connectivity index (χ2v) is 16.9. The minimum absolute atomic E-state index is 0.0756. The molecule has 2 aromatic carbocycles. The van der Waals surface area contributed by atoms with Crippen LogP contribution in [0.1, 0.15) is 84.8 Å². The first kappa shape index (κ1) is 47.7. The van der Waals surface area contributed by atoms with Crippen LogP contribution in [-0.4, -0.2) is 106 Å². The van der Waals surface area contributed by atoms with Crippen molar-refractivity contribution in [2.45, 2.75) is 123 Å². The highest BCUT2D eigenvalue weighted by molar-refractivity contribution is 5.97. The SMILES string of the molecule is CC[C@H](C)[C@@H](NC(=O)N[C@@H]1CCCCNC(=O)[C@H](Cc2ccccc2)NC(=O)[C@H](Cc2c[nH]c3ccccc23)N(C)C(=O)[C@H](CC(C)C)NC(=O)[C@H](C(C)C)NC1=O)C(=O)O. The molecule has 0 unspecified atom stereocenters. The summed E-state index contributed by atoms with van der Waals surface area (Å²) in [5, 5.41) is 27.2. The molecule has 1 saturated heterocycles. The van der Waals surface area contributed by atoms with E-state index in [2.05, 4.69) is 36.9 Å². The summed E-state index contributed by atoms with van der Waals surface area (Å²) in [5.41, 5.74) is 2.43. The van der Waals surface area contributed by atoms with E-state index in [4.69, 9.17) is 0 Å². The lowest BCUT2D eigenvalue weighted by Crippen LogP contribution is -2.61. The van der Waals surface area contributed by atoms with E-state index >= 15 is 0 Å². The maximum Gasteiger partial charge on any atom is 0.326 e. The average molecular weight is 845 g/mol. The van der Waals surface area contributed by atoms with E-state index in [-0.39, 0.29) is 38.1 Å². The Hall–Kier alpha value is -5.93. The van der Waals surface area contributed by atoms with Gasteiger partial charge >= 0.3 is 12.0 Å². The van der Waals surface area contributed by atoms with E-state index in [1.165, 1.54) is 11.9 Å². The molecule has 0 radical (unpaired) electrons. The summed E-state index contributed by atoms with van der Waals surface area (Å²) >= 11 is 0. The zero-order chi connectivity index (χ0) is 44.8. The number of carboxylic acids is 1. The largest absolute Gasteiger partial charge is 0.480 e. The number of amides is 7. The van der Waals surface area contributed by atoms with Crippen LogP contribution in [-0.2, 0) is 41.6 Å². The number of nitrogens with one attached hydrogen (secondary N) is 7. The van der Waals surface area contributed by atoms with Gasteiger partial charge in [0.2, 0.25) is 29.5 Å². The third-order valence-corrected chi connectivity index (χ3v) is 11.3. The molecule has 0 spiro atoms. The number of carbonyl (C=O) groups is 7. The Labute approximate surface area is 358 Å². The van der Waals surface area contributed by atoms with Crippen molar-refractivity contribution in [2.24, 2.45) is 17.8 Å². The molecule has 0 saturated carbocycles. The number of carboxylic acid groups (broad SMARTS) is 1. The zero-order valence-electron chi connectivity index (χ0n) is 36.4. The number of benzene rings is 2. The standard InChI is InChI=1S/C45H64N8O8/c1-8-28(6)38(44(59)60)52-45(61)50-33-20-14-15-21-46-39(54)34(23-29-16-10-9-11-17-29)48-41(56)36(24-30-25-47-32-19-13-12-18-31(30)32)53(7)43(58)35(22-26(2)3)49-42(57)37(27(4)5)51-40(33)55/h9-13,16-19,25-28,33-38,47H,8,14-15,20-24H2,1-7H3,(H,46,54)(H,48,56)(H,49,57)(H,51,55)(H,59,60)(H2,50,52,61)/t28-,33+,34-,35-,36-,37-,38+/m0/s1. The van der Waals surface area contributed by atoms with Crippen LogP contribution >= 0.6 is 0 Å². The van der Waals surface area contributed by atoms with Crippen LogP contribution in [0.25, 0.3) is 10.9 Å². The molecule has 16 nitrogen and oxygen atoms in total. The summed E-state index contributed by atoms with van der Waals surface area (Å²) < 4.78 is 0. The van der Waals surface area contributed by atoms with Crippen LogP contribution in [0.4, 0.5) is 4.79 Å². The molecule has 4 rings (SSSR count). The number of H-pyrrole nitrogens is 1. The van der Waals surface area contributed by atoms with Crippen molar-refractivity contribution in [1.29, 1.82) is 0 Å². The summed E-state index contributed by atoms with van der Waals surface area (Å²) in [7, 11) is 1.51. The van der Waals surface area contributed by atoms with Crippen LogP contribution in [0.15, 0.2) is 60.8 Å². The second-order valence-electron chi connectivity index (χ2n) is 16.9. The van der Waals surface area contributed by atoms with Gasteiger partial charge in [0, 0.05) is 43.5 Å². The highest BCUT2D eigenvalue weighted by Crippen LogP contribution is 2.22. The number of carbonyl (C=O) groups excluding carboxylic acids is 6. The predicted octanol–water partition coefficient (Wildman–Crippen LogP) is 3.40. The van der Waals surface area contributed by atoms with Crippen LogP contribution in [0, 0.1) is 17.8 Å². The second kappa shape index (κ2) is 22.6. The highest BCUT2D eigenvalue weighted by Gasteiger charge is 2.37. The first-order chi connectivity index (χ1) is 29.0. The first-order valence-electron chi connectivity index (χ1n) is 21.3. The molecular formula is C45H64N8O8. The van der Waals surface area contributed by atoms with Gasteiger partial charge in [0.1, 0.15) is 36.3 Å². The molecular weight excluding hydrogens is 781 g/mol. The summed E-state index contributed by atoms with van der Waals surface area (Å²) in [6.07, 6.45) is 3.54. The normalized spacial score (nSPS) is 22.5. The summed E-state index contributed by atoms with van der Waals surface area (Å²) in [6.45, 7) is 10.9. The Balaban J connectivity index is 1.73. The van der Waals surface area contributed by atoms with E-state index in [9.17, 15) is 38.7 Å². The summed E-state index contributed by atoms with van der Waals surface area (Å²) in [4.78, 5) is 101. The van der Waals surface area contributed by atoms with Gasteiger partial charge in [-0.1, -0.05) is 96.5 Å². The van der Waals surface area contributed by atoms with E-state index in [0.717, 1.165) is 22.0 Å². The molecule has 16 heteroatoms. The van der Waals surface area contributed by atoms with Crippen molar-refractivity contribution in [3.05, 3.63) is 71.9 Å². The summed E-state index contributed by atoms with van der Waals surface area (Å²) in [5.74, 6) is -5.00. The monoisotopic (exact) mass is 844 g/mol. The van der Waals surface area contributed by atoms with Gasteiger partial charge in [-0.25, -0.2) is 9.59 Å². The van der Waals surface area contributed by atoms with Crippen LogP contribution in [0.5, 0.6) is 0 Å². The average Bonchev–Trinajstić information content (AvgIpc) is 3.63. The number of aliphatic carboxylic acids is 1. The zero-order valence-corrected chi connectivity index (χ0v) is 36.4. The number of aromatic nitrogens is 1. The van der Waals surface area contributed by atoms with Crippen LogP contribution < -0.4 is 31.9 Å². The van der Waals surface area contributed by atoms with Gasteiger partial charge in [-0.3, -0.25) is 24.0 Å². The fraction of sp³-hybridized carbons (Fsp3) is 0.533. The van der Waals surface area contributed by atoms with Crippen molar-refractivity contribution >= 4 is 52.4 Å². The number of nitrogens with zero attached hydrogens (tertiary/aromatic N) is 1. The van der Waals surface area contributed by atoms with Gasteiger partial charge in [-0.05, 0) is 60.6 Å². The molecule has 332 valence electrons. The molecule has 7 amide bonds. The van der Waals surface area contributed by atoms with E-state index in [1.54, 1.807) is 33.9 Å². The van der Waals surface area contributed by atoms with E-state index < -0.39 is 89.6 Å². The molecule has 1 fully saturated rings. The van der Waals surface area contributed by atoms with Gasteiger partial charge in [-0.2, -0.15) is 0 Å². The third kappa shape index (κ3) is 13.5. The van der Waals surface area contributed by atoms with Crippen molar-refractivity contribution in [3.8, 4) is 0 Å². The minimum Gasteiger partial charge on any atom is -0.480 e. The number of hydrogen-bond donors (Lipinski definition) is 8. The lowest BCUT2D eigenvalue weighted by atomic mass is 9.97. The molecule has 3 aromatic rings. The fourth-order valence-corrected chi connectivity index (χ4v) is 7.49. The minimum atomic E-state index is -1.22. The molecule has 7 atom stereocenters. The Bertz CT molecular complexity index is 1980. The number of hydrogen-bond acceptors (Lipinski definition) is 7. The number of para-hydroxylation sites is 1. The Morgan fingerprint density at radius 2 is 1.49 bits per heavy atom. The quantitative estimate of drug-likeness (QED) is 0.134. The molecule has 1 aromatic heterocycles. The summed E-state index contributed by atoms with van der Waals surface area (Å²) in [6, 6.07) is 9.21. The molecule has 1 aliphatic rings. The third-order valence-electron chi connectivity index (χ3n) is 11.3. The van der Waals surface area contributed by atoms with E-state index in [1.807, 2.05) is 68.4 Å². The fourth-order valence-electron chi connectivity index (χ4n) is 7.49. The van der Waals surface area contributed by atoms with Crippen molar-refractivity contribution in [1.82, 2.24) is 41.8 Å². The van der Waals surface area contributed by atoms with Gasteiger partial charge in [0.15, 0.2) is 0 Å². The van der Waals surface area contributed by atoms with Gasteiger partial charge in [0.25, 0.3) is 0 Å². The molecule has 0 bridgehead atoms. The molecule has 2 heterocycles. The number of rotatable bonds is 12. The van der Waals surface area contributed by atoms with E-state index in [0.29, 0.717) is 19.3 Å². The lowest BCUT2D eigenvalue weighted by Gasteiger charge is -2.33. The topological polar surface area (TPSA) is 231 Å². The number of aromatic amines is 1. The maximum absolute atomic E-state index is 14.6. The Kier molecular flexibility index (Phi) is 17.7. The van der Waals surface area contributed by atoms with Crippen LogP contribution in [0.3, 0.4) is 0 Å². The highest BCUT2D eigenvalue weighted by atomic mass is 16.4. The lowest BCUT2D eigenvalue weighted by molar-refractivity contribution is -0.143. The Morgan fingerprint density at radius 3 is 2.15 bits per heavy atom. The van der Waals surface area contributed by atoms with Gasteiger partial charge < -0.3 is 46.9 Å². The first-order valence-corrected chi connectivity index (χ1v) is 21.3.